The topological polar surface area (TPSA) is 119 Å². The van der Waals surface area contributed by atoms with Crippen LogP contribution < -0.4 is 15.6 Å². The highest BCUT2D eigenvalue weighted by molar-refractivity contribution is 6.18. The van der Waals surface area contributed by atoms with Gasteiger partial charge in [0.25, 0.3) is 5.92 Å². The molecule has 39 heavy (non-hydrogen) atoms. The van der Waals surface area contributed by atoms with Gasteiger partial charge in [0.1, 0.15) is 11.3 Å². The highest BCUT2D eigenvalue weighted by Gasteiger charge is 2.40. The Morgan fingerprint density at radius 1 is 1.15 bits per heavy atom. The Morgan fingerprint density at radius 3 is 2.59 bits per heavy atom. The number of H-pyrrole nitrogens is 1. The van der Waals surface area contributed by atoms with Crippen LogP contribution in [0.2, 0.25) is 0 Å². The van der Waals surface area contributed by atoms with Crippen LogP contribution in [-0.2, 0) is 7.05 Å². The number of fused-ring (bicyclic) bond motifs is 4. The standard InChI is InChI=1S/C26H22F4N6O3/c1-31-16-6-15(27)19(28)17-18-21(36-4-3-26(29,30)10-36)13(8-32-23(18)34-20(16)17)11-5-12-22(37)14(25(38)39)9-35(2)24(12)33-7-11/h5-9,25,31,38-39H,3-4,10H2,1-2H3,(H,32,34). The minimum atomic E-state index is -3.01. The highest BCUT2D eigenvalue weighted by Crippen LogP contribution is 2.45. The van der Waals surface area contributed by atoms with Crippen molar-refractivity contribution in [3.8, 4) is 11.1 Å². The SMILES string of the molecule is CNc1cc(F)c(F)c2c1[nH]c1ncc(-c3cnc4c(c3)c(=O)c(C(O)O)cn4C)c(N3CCC(F)(F)C3)c12. The molecule has 202 valence electrons. The molecule has 9 nitrogen and oxygen atoms in total. The number of aromatic amines is 1. The lowest BCUT2D eigenvalue weighted by Crippen LogP contribution is -2.25. The Bertz CT molecular complexity index is 1870. The molecule has 4 aromatic heterocycles. The van der Waals surface area contributed by atoms with Crippen LogP contribution in [0.15, 0.2) is 35.5 Å². The number of pyridine rings is 3. The van der Waals surface area contributed by atoms with Gasteiger partial charge in [-0.1, -0.05) is 0 Å². The molecule has 5 heterocycles. The third kappa shape index (κ3) is 3.80. The van der Waals surface area contributed by atoms with Crippen LogP contribution in [0.1, 0.15) is 18.3 Å². The Kier molecular flexibility index (Phi) is 5.56. The summed E-state index contributed by atoms with van der Waals surface area (Å²) < 4.78 is 60.3. The van der Waals surface area contributed by atoms with Gasteiger partial charge < -0.3 is 30.0 Å². The normalized spacial score (nSPS) is 15.4. The molecule has 0 aliphatic carbocycles. The number of hydrogen-bond acceptors (Lipinski definition) is 7. The largest absolute Gasteiger partial charge is 0.386 e. The number of alkyl halides is 2. The molecule has 5 aromatic rings. The van der Waals surface area contributed by atoms with Crippen molar-refractivity contribution in [1.82, 2.24) is 19.5 Å². The summed E-state index contributed by atoms with van der Waals surface area (Å²) in [5.41, 5.74) is 0.686. The van der Waals surface area contributed by atoms with Crippen LogP contribution in [-0.4, -0.2) is 55.8 Å². The van der Waals surface area contributed by atoms with Crippen LogP contribution in [0.3, 0.4) is 0 Å². The van der Waals surface area contributed by atoms with Gasteiger partial charge in [0.05, 0.1) is 45.2 Å². The Hall–Kier alpha value is -4.23. The molecule has 0 spiro atoms. The second-order valence-corrected chi connectivity index (χ2v) is 9.61. The van der Waals surface area contributed by atoms with Crippen molar-refractivity contribution in [1.29, 1.82) is 0 Å². The summed E-state index contributed by atoms with van der Waals surface area (Å²) >= 11 is 0. The molecule has 1 aromatic carbocycles. The number of aliphatic hydroxyl groups is 2. The maximum absolute atomic E-state index is 15.3. The minimum Gasteiger partial charge on any atom is -0.386 e. The lowest BCUT2D eigenvalue weighted by atomic mass is 10.0. The van der Waals surface area contributed by atoms with E-state index >= 15 is 4.39 Å². The summed E-state index contributed by atoms with van der Waals surface area (Å²) in [5, 5.41) is 22.1. The summed E-state index contributed by atoms with van der Waals surface area (Å²) in [6, 6.07) is 2.44. The number of aliphatic hydroxyl groups excluding tert-OH is 1. The molecule has 6 rings (SSSR count). The van der Waals surface area contributed by atoms with E-state index in [1.165, 1.54) is 41.2 Å². The quantitative estimate of drug-likeness (QED) is 0.202. The molecule has 0 atom stereocenters. The van der Waals surface area contributed by atoms with Gasteiger partial charge in [-0.05, 0) is 6.07 Å². The van der Waals surface area contributed by atoms with Gasteiger partial charge in [-0.3, -0.25) is 4.79 Å². The zero-order valence-corrected chi connectivity index (χ0v) is 20.7. The van der Waals surface area contributed by atoms with Crippen molar-refractivity contribution in [3.63, 3.8) is 0 Å². The van der Waals surface area contributed by atoms with Crippen molar-refractivity contribution in [2.75, 3.05) is 30.4 Å². The summed E-state index contributed by atoms with van der Waals surface area (Å²) in [6.07, 6.45) is 1.61. The van der Waals surface area contributed by atoms with E-state index in [0.29, 0.717) is 5.56 Å². The van der Waals surface area contributed by atoms with Gasteiger partial charge in [0, 0.05) is 62.8 Å². The van der Waals surface area contributed by atoms with Crippen molar-refractivity contribution in [3.05, 3.63) is 58.1 Å². The van der Waals surface area contributed by atoms with Gasteiger partial charge in [0.2, 0.25) is 0 Å². The first-order valence-corrected chi connectivity index (χ1v) is 12.0. The molecule has 0 radical (unpaired) electrons. The average Bonchev–Trinajstić information content (AvgIpc) is 3.47. The van der Waals surface area contributed by atoms with E-state index in [9.17, 15) is 28.2 Å². The lowest BCUT2D eigenvalue weighted by Gasteiger charge is -2.23. The summed E-state index contributed by atoms with van der Waals surface area (Å²) in [5.74, 6) is -5.29. The van der Waals surface area contributed by atoms with Crippen molar-refractivity contribution < 1.29 is 27.8 Å². The molecule has 13 heteroatoms. The molecule has 1 saturated heterocycles. The number of benzene rings is 1. The third-order valence-electron chi connectivity index (χ3n) is 7.15. The van der Waals surface area contributed by atoms with Crippen LogP contribution in [0.25, 0.3) is 44.1 Å². The van der Waals surface area contributed by atoms with Gasteiger partial charge >= 0.3 is 0 Å². The fourth-order valence-corrected chi connectivity index (χ4v) is 5.33. The predicted molar refractivity (Wildman–Crippen MR) is 138 cm³/mol. The van der Waals surface area contributed by atoms with Crippen molar-refractivity contribution in [2.45, 2.75) is 18.6 Å². The molecule has 0 unspecified atom stereocenters. The van der Waals surface area contributed by atoms with Crippen LogP contribution in [0.5, 0.6) is 0 Å². The van der Waals surface area contributed by atoms with Gasteiger partial charge in [-0.15, -0.1) is 0 Å². The van der Waals surface area contributed by atoms with Gasteiger partial charge in [-0.25, -0.2) is 27.5 Å². The first kappa shape index (κ1) is 25.1. The summed E-state index contributed by atoms with van der Waals surface area (Å²) in [4.78, 5) is 26.2. The predicted octanol–water partition coefficient (Wildman–Crippen LogP) is 3.78. The second kappa shape index (κ2) is 8.64. The number of anilines is 2. The van der Waals surface area contributed by atoms with E-state index in [2.05, 4.69) is 20.3 Å². The first-order valence-electron chi connectivity index (χ1n) is 12.0. The van der Waals surface area contributed by atoms with E-state index in [1.807, 2.05) is 0 Å². The smallest absolute Gasteiger partial charge is 0.266 e. The number of hydrogen-bond donors (Lipinski definition) is 4. The first-order chi connectivity index (χ1) is 18.5. The maximum atomic E-state index is 15.3. The molecular weight excluding hydrogens is 520 g/mol. The molecule has 1 aliphatic rings. The van der Waals surface area contributed by atoms with E-state index in [4.69, 9.17) is 0 Å². The van der Waals surface area contributed by atoms with Gasteiger partial charge in [-0.2, -0.15) is 0 Å². The number of nitrogens with one attached hydrogen (secondary N) is 2. The fourth-order valence-electron chi connectivity index (χ4n) is 5.33. The third-order valence-corrected chi connectivity index (χ3v) is 7.15. The van der Waals surface area contributed by atoms with Crippen molar-refractivity contribution >= 4 is 44.3 Å². The monoisotopic (exact) mass is 542 g/mol. The lowest BCUT2D eigenvalue weighted by molar-refractivity contribution is -0.0435. The molecule has 4 N–H and O–H groups in total. The summed E-state index contributed by atoms with van der Waals surface area (Å²) in [7, 11) is 3.12. The maximum Gasteiger partial charge on any atom is 0.266 e. The van der Waals surface area contributed by atoms with Crippen molar-refractivity contribution in [2.24, 2.45) is 7.05 Å². The number of nitrogens with zero attached hydrogens (tertiary/aromatic N) is 4. The molecular formula is C26H22F4N6O3. The Balaban J connectivity index is 1.71. The molecule has 1 fully saturated rings. The zero-order chi connectivity index (χ0) is 27.8. The molecule has 0 bridgehead atoms. The van der Waals surface area contributed by atoms with Gasteiger partial charge in [0.15, 0.2) is 23.4 Å². The highest BCUT2D eigenvalue weighted by atomic mass is 19.3. The Labute approximate surface area is 217 Å². The molecule has 0 amide bonds. The molecule has 1 aliphatic heterocycles. The zero-order valence-electron chi connectivity index (χ0n) is 20.7. The minimum absolute atomic E-state index is 0.0482. The number of halogens is 4. The fraction of sp³-hybridized carbons (Fsp3) is 0.269. The van der Waals surface area contributed by atoms with E-state index in [-0.39, 0.29) is 62.0 Å². The van der Waals surface area contributed by atoms with E-state index in [0.717, 1.165) is 6.07 Å². The van der Waals surface area contributed by atoms with Crippen LogP contribution in [0, 0.1) is 11.6 Å². The van der Waals surface area contributed by atoms with Crippen LogP contribution in [0.4, 0.5) is 28.9 Å². The van der Waals surface area contributed by atoms with E-state index < -0.39 is 42.2 Å². The number of aryl methyl sites for hydroxylation is 1. The Morgan fingerprint density at radius 2 is 1.92 bits per heavy atom. The average molecular weight is 542 g/mol. The second-order valence-electron chi connectivity index (χ2n) is 9.61. The van der Waals surface area contributed by atoms with E-state index in [1.54, 1.807) is 7.05 Å². The summed E-state index contributed by atoms with van der Waals surface area (Å²) in [6.45, 7) is -0.726. The van der Waals surface area contributed by atoms with Crippen LogP contribution >= 0.6 is 0 Å². The number of rotatable bonds is 4. The number of aromatic nitrogens is 4. The molecule has 0 saturated carbocycles.